The van der Waals surface area contributed by atoms with E-state index >= 15 is 0 Å². The van der Waals surface area contributed by atoms with Crippen molar-refractivity contribution in [2.24, 2.45) is 0 Å². The maximum absolute atomic E-state index is 2.60. The van der Waals surface area contributed by atoms with E-state index in [4.69, 9.17) is 0 Å². The summed E-state index contributed by atoms with van der Waals surface area (Å²) in [7, 11) is -2.20. The molecule has 1 heteroatoms. The van der Waals surface area contributed by atoms with Gasteiger partial charge in [-0.2, -0.15) is 0 Å². The topological polar surface area (TPSA) is 0 Å². The Morgan fingerprint density at radius 1 is 0.415 bits per heavy atom. The molecule has 0 spiro atoms. The molecule has 41 heavy (non-hydrogen) atoms. The largest absolute Gasteiger partial charge is 0.113 e. The number of allylic oxidation sites excluding steroid dienone is 2. The normalized spacial score (nSPS) is 14.7. The van der Waals surface area contributed by atoms with Crippen LogP contribution in [0, 0.1) is 54.4 Å². The second-order valence-corrected chi connectivity index (χ2v) is 17.5. The van der Waals surface area contributed by atoms with Crippen molar-refractivity contribution in [2.75, 3.05) is 0 Å². The Morgan fingerprint density at radius 2 is 0.756 bits per heavy atom. The standard InChI is InChI=1S/C40H42Si/c1-23-15-24(2)18-33(17-23)35-27(5)11-13-31-21-29(7)39(37(31)35)41(9,10)40-30(8)22-32-14-12-28(6)36(38(32)40)34-19-25(3)16-26(4)20-34/h11-22H,1-10H3. The van der Waals surface area contributed by atoms with E-state index in [1.807, 2.05) is 0 Å². The van der Waals surface area contributed by atoms with Crippen molar-refractivity contribution in [2.45, 2.75) is 68.5 Å². The van der Waals surface area contributed by atoms with Gasteiger partial charge >= 0.3 is 0 Å². The fourth-order valence-corrected chi connectivity index (χ4v) is 12.1. The van der Waals surface area contributed by atoms with Crippen LogP contribution in [-0.4, -0.2) is 8.07 Å². The van der Waals surface area contributed by atoms with Crippen LogP contribution < -0.4 is 0 Å². The van der Waals surface area contributed by atoms with Gasteiger partial charge in [0.25, 0.3) is 0 Å². The number of benzene rings is 4. The molecule has 0 aliphatic heterocycles. The Kier molecular flexibility index (Phi) is 6.66. The smallest absolute Gasteiger partial charge is 0.0646 e. The third-order valence-electron chi connectivity index (χ3n) is 9.20. The number of hydrogen-bond acceptors (Lipinski definition) is 0. The average molecular weight is 551 g/mol. The molecule has 0 atom stereocenters. The molecule has 0 aromatic heterocycles. The minimum Gasteiger partial charge on any atom is -0.0646 e. The molecule has 0 unspecified atom stereocenters. The zero-order valence-electron chi connectivity index (χ0n) is 26.4. The lowest BCUT2D eigenvalue weighted by molar-refractivity contribution is 1.35. The molecule has 2 aliphatic rings. The summed E-state index contributed by atoms with van der Waals surface area (Å²) in [5, 5.41) is 3.18. The molecule has 0 nitrogen and oxygen atoms in total. The summed E-state index contributed by atoms with van der Waals surface area (Å²) in [6.45, 7) is 23.3. The van der Waals surface area contributed by atoms with Crippen LogP contribution in [0.15, 0.2) is 71.8 Å². The molecule has 0 bridgehead atoms. The van der Waals surface area contributed by atoms with Crippen LogP contribution in [0.3, 0.4) is 0 Å². The number of aryl methyl sites for hydroxylation is 6. The minimum atomic E-state index is -2.20. The van der Waals surface area contributed by atoms with Gasteiger partial charge in [-0.25, -0.2) is 0 Å². The lowest BCUT2D eigenvalue weighted by Gasteiger charge is -2.33. The van der Waals surface area contributed by atoms with Crippen molar-refractivity contribution >= 4 is 18.5 Å². The SMILES string of the molecule is CC1=C([Si](C)(C)C2=C(C)[CH]c3ccc(C)c(-c4cc(C)cc(C)c4)c32)c2c(ccc(C)c2-c2cc(C)cc(C)c2)[CH]1. The molecule has 0 saturated carbocycles. The van der Waals surface area contributed by atoms with Crippen LogP contribution >= 0.6 is 0 Å². The summed E-state index contributed by atoms with van der Waals surface area (Å²) in [6.07, 6.45) is 4.89. The Morgan fingerprint density at radius 3 is 1.10 bits per heavy atom. The van der Waals surface area contributed by atoms with Gasteiger partial charge in [-0.1, -0.05) is 107 Å². The Balaban J connectivity index is 1.60. The Labute approximate surface area is 248 Å². The molecule has 2 radical (unpaired) electrons. The van der Waals surface area contributed by atoms with Crippen LogP contribution in [0.25, 0.3) is 32.6 Å². The van der Waals surface area contributed by atoms with Gasteiger partial charge in [0.05, 0.1) is 0 Å². The van der Waals surface area contributed by atoms with Gasteiger partial charge in [0, 0.05) is 12.8 Å². The first-order valence-electron chi connectivity index (χ1n) is 14.9. The van der Waals surface area contributed by atoms with E-state index in [0.717, 1.165) is 0 Å². The van der Waals surface area contributed by atoms with Crippen LogP contribution in [0.5, 0.6) is 0 Å². The molecule has 4 aromatic rings. The van der Waals surface area contributed by atoms with Gasteiger partial charge in [0.1, 0.15) is 8.07 Å². The van der Waals surface area contributed by atoms with Crippen molar-refractivity contribution in [3.63, 3.8) is 0 Å². The summed E-state index contributed by atoms with van der Waals surface area (Å²) >= 11 is 0. The maximum atomic E-state index is 2.60. The van der Waals surface area contributed by atoms with E-state index in [1.165, 1.54) is 89.0 Å². The first kappa shape index (κ1) is 27.7. The van der Waals surface area contributed by atoms with E-state index in [0.29, 0.717) is 0 Å². The maximum Gasteiger partial charge on any atom is 0.113 e. The van der Waals surface area contributed by atoms with Crippen molar-refractivity contribution in [1.82, 2.24) is 0 Å². The molecule has 2 aliphatic carbocycles. The van der Waals surface area contributed by atoms with Crippen molar-refractivity contribution in [1.29, 1.82) is 0 Å². The summed E-state index contributed by atoms with van der Waals surface area (Å²) in [4.78, 5) is 0. The highest BCUT2D eigenvalue weighted by molar-refractivity contribution is 7.09. The van der Waals surface area contributed by atoms with E-state index in [1.54, 1.807) is 10.4 Å². The molecule has 0 saturated heterocycles. The third kappa shape index (κ3) is 4.50. The summed E-state index contributed by atoms with van der Waals surface area (Å²) < 4.78 is 0. The monoisotopic (exact) mass is 550 g/mol. The van der Waals surface area contributed by atoms with E-state index in [9.17, 15) is 0 Å². The molecule has 4 aromatic carbocycles. The second-order valence-electron chi connectivity index (χ2n) is 13.2. The lowest BCUT2D eigenvalue weighted by atomic mass is 9.91. The van der Waals surface area contributed by atoms with Crippen LogP contribution in [-0.2, 0) is 0 Å². The summed E-state index contributed by atoms with van der Waals surface area (Å²) in [5.74, 6) is 0. The highest BCUT2D eigenvalue weighted by Crippen LogP contribution is 2.54. The number of rotatable bonds is 4. The number of fused-ring (bicyclic) bond motifs is 2. The van der Waals surface area contributed by atoms with Crippen LogP contribution in [0.1, 0.15) is 69.5 Å². The second kappa shape index (κ2) is 9.84. The highest BCUT2D eigenvalue weighted by atomic mass is 28.3. The predicted molar refractivity (Wildman–Crippen MR) is 182 cm³/mol. The fraction of sp³-hybridized carbons (Fsp3) is 0.250. The van der Waals surface area contributed by atoms with Gasteiger partial charge in [0.2, 0.25) is 0 Å². The van der Waals surface area contributed by atoms with Crippen molar-refractivity contribution < 1.29 is 0 Å². The molecule has 0 fully saturated rings. The van der Waals surface area contributed by atoms with Gasteiger partial charge in [-0.3, -0.25) is 0 Å². The van der Waals surface area contributed by atoms with Gasteiger partial charge in [-0.05, 0) is 121 Å². The Hall–Kier alpha value is -3.42. The minimum absolute atomic E-state index is 1.32. The van der Waals surface area contributed by atoms with E-state index in [2.05, 4.69) is 142 Å². The zero-order valence-corrected chi connectivity index (χ0v) is 27.4. The quantitative estimate of drug-likeness (QED) is 0.222. The first-order valence-corrected chi connectivity index (χ1v) is 17.9. The molecular weight excluding hydrogens is 509 g/mol. The van der Waals surface area contributed by atoms with Crippen LogP contribution in [0.4, 0.5) is 0 Å². The summed E-state index contributed by atoms with van der Waals surface area (Å²) in [6, 6.07) is 23.4. The van der Waals surface area contributed by atoms with E-state index in [-0.39, 0.29) is 0 Å². The highest BCUT2D eigenvalue weighted by Gasteiger charge is 2.43. The first-order chi connectivity index (χ1) is 19.4. The van der Waals surface area contributed by atoms with Gasteiger partial charge in [-0.15, -0.1) is 0 Å². The average Bonchev–Trinajstić information content (AvgIpc) is 3.38. The van der Waals surface area contributed by atoms with E-state index < -0.39 is 8.07 Å². The Bertz CT molecular complexity index is 1650. The van der Waals surface area contributed by atoms with Crippen LogP contribution in [0.2, 0.25) is 13.1 Å². The van der Waals surface area contributed by atoms with Crippen molar-refractivity contribution in [3.8, 4) is 22.3 Å². The molecule has 6 rings (SSSR count). The van der Waals surface area contributed by atoms with Gasteiger partial charge in [0.15, 0.2) is 0 Å². The van der Waals surface area contributed by atoms with Gasteiger partial charge < -0.3 is 0 Å². The van der Waals surface area contributed by atoms with Crippen molar-refractivity contribution in [3.05, 3.63) is 140 Å². The molecule has 206 valence electrons. The predicted octanol–water partition coefficient (Wildman–Crippen LogP) is 11.0. The molecular formula is C40H42Si. The lowest BCUT2D eigenvalue weighted by Crippen LogP contribution is -2.31. The number of hydrogen-bond donors (Lipinski definition) is 0. The zero-order chi connectivity index (χ0) is 29.4. The molecule has 0 N–H and O–H groups in total. The molecule has 0 amide bonds. The summed E-state index contributed by atoms with van der Waals surface area (Å²) in [5.41, 5.74) is 22.1. The fourth-order valence-electron chi connectivity index (χ4n) is 7.95. The molecule has 0 heterocycles. The third-order valence-corrected chi connectivity index (χ3v) is 13.0.